The van der Waals surface area contributed by atoms with Crippen molar-refractivity contribution in [3.8, 4) is 0 Å². The Bertz CT molecular complexity index is 72.9. The topological polar surface area (TPSA) is 29.5 Å². The number of rotatable bonds is 3. The van der Waals surface area contributed by atoms with Gasteiger partial charge in [-0.1, -0.05) is 6.92 Å². The van der Waals surface area contributed by atoms with Crippen LogP contribution in [0.3, 0.4) is 0 Å². The Morgan fingerprint density at radius 1 is 1.75 bits per heavy atom. The minimum atomic E-state index is 0.156. The van der Waals surface area contributed by atoms with E-state index < -0.39 is 0 Å². The highest BCUT2D eigenvalue weighted by Gasteiger charge is 2.33. The van der Waals surface area contributed by atoms with Gasteiger partial charge in [-0.3, -0.25) is 0 Å². The molecule has 0 heterocycles. The molecule has 0 radical (unpaired) electrons. The van der Waals surface area contributed by atoms with Gasteiger partial charge in [0.25, 0.3) is 0 Å². The van der Waals surface area contributed by atoms with Crippen molar-refractivity contribution < 1.29 is 9.84 Å². The SMILES string of the molecule is CC1CC1OCCO. The van der Waals surface area contributed by atoms with Gasteiger partial charge in [-0.15, -0.1) is 0 Å². The van der Waals surface area contributed by atoms with Crippen molar-refractivity contribution in [2.24, 2.45) is 5.92 Å². The normalized spacial score (nSPS) is 35.2. The van der Waals surface area contributed by atoms with Crippen LogP contribution in [0.5, 0.6) is 0 Å². The molecule has 1 saturated carbocycles. The molecule has 2 atom stereocenters. The van der Waals surface area contributed by atoms with Crippen molar-refractivity contribution in [3.63, 3.8) is 0 Å². The first-order chi connectivity index (χ1) is 3.84. The van der Waals surface area contributed by atoms with Gasteiger partial charge in [0.15, 0.2) is 0 Å². The van der Waals surface area contributed by atoms with E-state index in [-0.39, 0.29) is 6.61 Å². The molecule has 0 aromatic heterocycles. The van der Waals surface area contributed by atoms with Gasteiger partial charge < -0.3 is 9.84 Å². The third-order valence-corrected chi connectivity index (χ3v) is 1.46. The first kappa shape index (κ1) is 6.05. The third-order valence-electron chi connectivity index (χ3n) is 1.46. The maximum atomic E-state index is 8.30. The van der Waals surface area contributed by atoms with Crippen molar-refractivity contribution >= 4 is 0 Å². The van der Waals surface area contributed by atoms with Crippen molar-refractivity contribution in [1.29, 1.82) is 0 Å². The van der Waals surface area contributed by atoms with E-state index in [0.29, 0.717) is 12.7 Å². The molecule has 2 nitrogen and oxygen atoms in total. The van der Waals surface area contributed by atoms with E-state index in [2.05, 4.69) is 6.92 Å². The number of aliphatic hydroxyl groups is 1. The molecule has 1 aliphatic carbocycles. The number of ether oxygens (including phenoxy) is 1. The molecule has 0 aromatic rings. The Kier molecular flexibility index (Phi) is 1.86. The number of hydrogen-bond acceptors (Lipinski definition) is 2. The summed E-state index contributed by atoms with van der Waals surface area (Å²) in [6.07, 6.45) is 1.64. The zero-order valence-electron chi connectivity index (χ0n) is 5.13. The summed E-state index contributed by atoms with van der Waals surface area (Å²) in [5.41, 5.74) is 0. The minimum absolute atomic E-state index is 0.156. The Balaban J connectivity index is 1.89. The van der Waals surface area contributed by atoms with Crippen LogP contribution in [0.15, 0.2) is 0 Å². The van der Waals surface area contributed by atoms with Crippen molar-refractivity contribution in [1.82, 2.24) is 0 Å². The highest BCUT2D eigenvalue weighted by atomic mass is 16.5. The average molecular weight is 116 g/mol. The highest BCUT2D eigenvalue weighted by Crippen LogP contribution is 2.32. The molecule has 0 aliphatic heterocycles. The zero-order valence-corrected chi connectivity index (χ0v) is 5.13. The van der Waals surface area contributed by atoms with E-state index in [9.17, 15) is 0 Å². The molecule has 0 spiro atoms. The van der Waals surface area contributed by atoms with Gasteiger partial charge in [0.05, 0.1) is 19.3 Å². The second-order valence-electron chi connectivity index (χ2n) is 2.35. The maximum absolute atomic E-state index is 8.30. The molecular weight excluding hydrogens is 104 g/mol. The van der Waals surface area contributed by atoms with Crippen LogP contribution >= 0.6 is 0 Å². The van der Waals surface area contributed by atoms with E-state index in [0.717, 1.165) is 5.92 Å². The first-order valence-corrected chi connectivity index (χ1v) is 3.07. The predicted octanol–water partition coefficient (Wildman–Crippen LogP) is 0.404. The Morgan fingerprint density at radius 2 is 2.38 bits per heavy atom. The second kappa shape index (κ2) is 2.46. The van der Waals surface area contributed by atoms with Gasteiger partial charge in [-0.05, 0) is 12.3 Å². The number of aliphatic hydroxyl groups excluding tert-OH is 1. The Morgan fingerprint density at radius 3 is 2.75 bits per heavy atom. The molecule has 0 aromatic carbocycles. The highest BCUT2D eigenvalue weighted by molar-refractivity contribution is 4.83. The van der Waals surface area contributed by atoms with Gasteiger partial charge >= 0.3 is 0 Å². The molecule has 1 rings (SSSR count). The molecule has 48 valence electrons. The van der Waals surface area contributed by atoms with Crippen LogP contribution < -0.4 is 0 Å². The molecule has 2 heteroatoms. The fourth-order valence-corrected chi connectivity index (χ4v) is 0.724. The second-order valence-corrected chi connectivity index (χ2v) is 2.35. The molecule has 1 fully saturated rings. The van der Waals surface area contributed by atoms with Gasteiger partial charge in [-0.2, -0.15) is 0 Å². The van der Waals surface area contributed by atoms with Gasteiger partial charge in [0.1, 0.15) is 0 Å². The van der Waals surface area contributed by atoms with E-state index in [1.165, 1.54) is 6.42 Å². The fourth-order valence-electron chi connectivity index (χ4n) is 0.724. The summed E-state index contributed by atoms with van der Waals surface area (Å²) in [7, 11) is 0. The average Bonchev–Trinajstić information content (AvgIpc) is 2.42. The first-order valence-electron chi connectivity index (χ1n) is 3.07. The Hall–Kier alpha value is -0.0800. The van der Waals surface area contributed by atoms with Gasteiger partial charge in [-0.25, -0.2) is 0 Å². The molecule has 1 N–H and O–H groups in total. The van der Waals surface area contributed by atoms with Crippen molar-refractivity contribution in [3.05, 3.63) is 0 Å². The predicted molar refractivity (Wildman–Crippen MR) is 30.6 cm³/mol. The summed E-state index contributed by atoms with van der Waals surface area (Å²) >= 11 is 0. The van der Waals surface area contributed by atoms with E-state index in [1.807, 2.05) is 0 Å². The van der Waals surface area contributed by atoms with Crippen LogP contribution in [0, 0.1) is 5.92 Å². The molecule has 0 amide bonds. The summed E-state index contributed by atoms with van der Waals surface area (Å²) in [6.45, 7) is 2.82. The van der Waals surface area contributed by atoms with Crippen molar-refractivity contribution in [2.45, 2.75) is 19.4 Å². The molecule has 2 unspecified atom stereocenters. The van der Waals surface area contributed by atoms with Crippen LogP contribution in [-0.2, 0) is 4.74 Å². The smallest absolute Gasteiger partial charge is 0.0701 e. The van der Waals surface area contributed by atoms with E-state index >= 15 is 0 Å². The lowest BCUT2D eigenvalue weighted by atomic mass is 10.5. The van der Waals surface area contributed by atoms with Gasteiger partial charge in [0, 0.05) is 0 Å². The Labute approximate surface area is 49.5 Å². The maximum Gasteiger partial charge on any atom is 0.0701 e. The summed E-state index contributed by atoms with van der Waals surface area (Å²) < 4.78 is 5.16. The van der Waals surface area contributed by atoms with Crippen LogP contribution in [0.2, 0.25) is 0 Å². The van der Waals surface area contributed by atoms with E-state index in [4.69, 9.17) is 9.84 Å². The van der Waals surface area contributed by atoms with Crippen LogP contribution in [-0.4, -0.2) is 24.4 Å². The number of hydrogen-bond donors (Lipinski definition) is 1. The van der Waals surface area contributed by atoms with Gasteiger partial charge in [0.2, 0.25) is 0 Å². The summed E-state index contributed by atoms with van der Waals surface area (Å²) in [5, 5.41) is 8.30. The standard InChI is InChI=1S/C6H12O2/c1-5-4-6(5)8-3-2-7/h5-7H,2-4H2,1H3. The summed E-state index contributed by atoms with van der Waals surface area (Å²) in [4.78, 5) is 0. The molecule has 1 aliphatic rings. The van der Waals surface area contributed by atoms with E-state index in [1.54, 1.807) is 0 Å². The zero-order chi connectivity index (χ0) is 5.98. The summed E-state index contributed by atoms with van der Waals surface area (Å²) in [6, 6.07) is 0. The molecule has 8 heavy (non-hydrogen) atoms. The minimum Gasteiger partial charge on any atom is -0.394 e. The fraction of sp³-hybridized carbons (Fsp3) is 1.00. The van der Waals surface area contributed by atoms with Crippen LogP contribution in [0.1, 0.15) is 13.3 Å². The lowest BCUT2D eigenvalue weighted by Crippen LogP contribution is -2.01. The quantitative estimate of drug-likeness (QED) is 0.578. The lowest BCUT2D eigenvalue weighted by molar-refractivity contribution is 0.0742. The summed E-state index contributed by atoms with van der Waals surface area (Å²) in [5.74, 6) is 0.738. The van der Waals surface area contributed by atoms with Crippen LogP contribution in [0.25, 0.3) is 0 Å². The molecule has 0 bridgehead atoms. The molecule has 0 saturated heterocycles. The molecular formula is C6H12O2. The van der Waals surface area contributed by atoms with Crippen molar-refractivity contribution in [2.75, 3.05) is 13.2 Å². The third kappa shape index (κ3) is 1.46. The van der Waals surface area contributed by atoms with Crippen LogP contribution in [0.4, 0.5) is 0 Å². The lowest BCUT2D eigenvalue weighted by Gasteiger charge is -1.95. The monoisotopic (exact) mass is 116 g/mol. The largest absolute Gasteiger partial charge is 0.394 e.